The van der Waals surface area contributed by atoms with Gasteiger partial charge in [0.2, 0.25) is 0 Å². The van der Waals surface area contributed by atoms with Crippen LogP contribution in [0.25, 0.3) is 0 Å². The Hall–Kier alpha value is -0.770. The highest BCUT2D eigenvalue weighted by atomic mass is 35.5. The molecule has 0 spiro atoms. The summed E-state index contributed by atoms with van der Waals surface area (Å²) < 4.78 is 0. The lowest BCUT2D eigenvalue weighted by molar-refractivity contribution is -0.202. The third-order valence-electron chi connectivity index (χ3n) is 3.08. The molecule has 2 rings (SSSR count). The van der Waals surface area contributed by atoms with Crippen molar-refractivity contribution in [1.82, 2.24) is 4.90 Å². The molecular formula is C13H18ClNO2. The van der Waals surface area contributed by atoms with E-state index in [1.807, 2.05) is 19.1 Å². The Bertz CT molecular complexity index is 395. The Morgan fingerprint density at radius 3 is 2.65 bits per heavy atom. The van der Waals surface area contributed by atoms with E-state index in [1.165, 1.54) is 11.1 Å². The molecule has 17 heavy (non-hydrogen) atoms. The number of halogens is 1. The van der Waals surface area contributed by atoms with Gasteiger partial charge in [-0.3, -0.25) is 0 Å². The van der Waals surface area contributed by atoms with E-state index < -0.39 is 0 Å². The van der Waals surface area contributed by atoms with Crippen LogP contribution in [0.4, 0.5) is 0 Å². The quantitative estimate of drug-likeness (QED) is 0.612. The lowest BCUT2D eigenvalue weighted by atomic mass is 10.0. The predicted octanol–water partition coefficient (Wildman–Crippen LogP) is 2.70. The third-order valence-corrected chi connectivity index (χ3v) is 3.44. The molecule has 1 aromatic rings. The molecule has 0 unspecified atom stereocenters. The van der Waals surface area contributed by atoms with E-state index in [0.29, 0.717) is 6.61 Å². The molecule has 1 aromatic carbocycles. The van der Waals surface area contributed by atoms with E-state index in [1.54, 1.807) is 0 Å². The fourth-order valence-electron chi connectivity index (χ4n) is 2.10. The maximum Gasteiger partial charge on any atom is 0.169 e. The van der Waals surface area contributed by atoms with Gasteiger partial charge in [0.1, 0.15) is 0 Å². The van der Waals surface area contributed by atoms with Crippen molar-refractivity contribution in [3.05, 3.63) is 28.3 Å². The fraction of sp³-hybridized carbons (Fsp3) is 0.538. The van der Waals surface area contributed by atoms with Gasteiger partial charge in [0.05, 0.1) is 6.61 Å². The highest BCUT2D eigenvalue weighted by Gasteiger charge is 2.18. The minimum Gasteiger partial charge on any atom is -0.337 e. The molecule has 0 radical (unpaired) electrons. The minimum absolute atomic E-state index is 0.539. The summed E-state index contributed by atoms with van der Waals surface area (Å²) in [5.74, 6) is 0.807. The Labute approximate surface area is 107 Å². The van der Waals surface area contributed by atoms with Crippen LogP contribution in [0.1, 0.15) is 18.1 Å². The second-order valence-corrected chi connectivity index (χ2v) is 4.70. The molecule has 0 bridgehead atoms. The van der Waals surface area contributed by atoms with Crippen LogP contribution in [0.5, 0.6) is 5.75 Å². The summed E-state index contributed by atoms with van der Waals surface area (Å²) in [7, 11) is 2.13. The molecule has 0 aromatic heterocycles. The number of benzene rings is 1. The van der Waals surface area contributed by atoms with Crippen LogP contribution in [-0.4, -0.2) is 31.6 Å². The molecule has 0 fully saturated rings. The number of fused-ring (bicyclic) bond motifs is 1. The number of nitrogens with zero attached hydrogens (tertiary/aromatic N) is 1. The van der Waals surface area contributed by atoms with E-state index >= 15 is 0 Å². The summed E-state index contributed by atoms with van der Waals surface area (Å²) in [6, 6.07) is 3.78. The lowest BCUT2D eigenvalue weighted by Crippen LogP contribution is -2.20. The van der Waals surface area contributed by atoms with Crippen molar-refractivity contribution in [2.24, 2.45) is 0 Å². The zero-order valence-corrected chi connectivity index (χ0v) is 11.1. The molecule has 94 valence electrons. The summed E-state index contributed by atoms with van der Waals surface area (Å²) in [5.41, 5.74) is 2.39. The Morgan fingerprint density at radius 2 is 1.94 bits per heavy atom. The highest BCUT2D eigenvalue weighted by Crippen LogP contribution is 2.31. The zero-order valence-electron chi connectivity index (χ0n) is 10.3. The number of rotatable bonds is 3. The average Bonchev–Trinajstić information content (AvgIpc) is 2.52. The van der Waals surface area contributed by atoms with Gasteiger partial charge in [0.15, 0.2) is 5.75 Å². The van der Waals surface area contributed by atoms with Gasteiger partial charge in [-0.05, 0) is 44.5 Å². The Kier molecular flexibility index (Phi) is 4.26. The first kappa shape index (κ1) is 12.7. The van der Waals surface area contributed by atoms with Gasteiger partial charge < -0.3 is 9.79 Å². The molecule has 3 nitrogen and oxygen atoms in total. The first-order valence-electron chi connectivity index (χ1n) is 6.00. The monoisotopic (exact) mass is 255 g/mol. The Balaban J connectivity index is 2.30. The third kappa shape index (κ3) is 2.92. The Morgan fingerprint density at radius 1 is 1.24 bits per heavy atom. The highest BCUT2D eigenvalue weighted by molar-refractivity contribution is 6.31. The van der Waals surface area contributed by atoms with Crippen LogP contribution in [0, 0.1) is 0 Å². The summed E-state index contributed by atoms with van der Waals surface area (Å²) in [5, 5.41) is 0.833. The van der Waals surface area contributed by atoms with Gasteiger partial charge >= 0.3 is 0 Å². The van der Waals surface area contributed by atoms with Crippen LogP contribution >= 0.6 is 11.6 Å². The average molecular weight is 256 g/mol. The first-order valence-corrected chi connectivity index (χ1v) is 6.38. The molecule has 1 aliphatic heterocycles. The molecule has 0 aliphatic carbocycles. The summed E-state index contributed by atoms with van der Waals surface area (Å²) >= 11 is 6.25. The second-order valence-electron chi connectivity index (χ2n) is 4.30. The molecule has 0 N–H and O–H groups in total. The van der Waals surface area contributed by atoms with Gasteiger partial charge in [0, 0.05) is 23.7 Å². The van der Waals surface area contributed by atoms with Crippen LogP contribution in [0.15, 0.2) is 12.1 Å². The van der Waals surface area contributed by atoms with Crippen LogP contribution in [0.2, 0.25) is 5.02 Å². The number of hydrogen-bond donors (Lipinski definition) is 0. The van der Waals surface area contributed by atoms with E-state index in [-0.39, 0.29) is 0 Å². The lowest BCUT2D eigenvalue weighted by Gasteiger charge is -2.13. The van der Waals surface area contributed by atoms with Crippen LogP contribution < -0.4 is 4.89 Å². The molecule has 0 saturated heterocycles. The number of hydrogen-bond acceptors (Lipinski definition) is 3. The normalized spacial score (nSPS) is 16.4. The molecule has 0 atom stereocenters. The van der Waals surface area contributed by atoms with Gasteiger partial charge in [-0.15, -0.1) is 0 Å². The smallest absolute Gasteiger partial charge is 0.169 e. The van der Waals surface area contributed by atoms with Crippen molar-refractivity contribution in [3.63, 3.8) is 0 Å². The van der Waals surface area contributed by atoms with Crippen molar-refractivity contribution in [3.8, 4) is 5.75 Å². The predicted molar refractivity (Wildman–Crippen MR) is 68.6 cm³/mol. The largest absolute Gasteiger partial charge is 0.337 e. The fourth-order valence-corrected chi connectivity index (χ4v) is 2.38. The molecule has 0 amide bonds. The number of likely N-dealkylation sites (N-methyl/N-ethyl adjacent to an activating group) is 1. The maximum atomic E-state index is 6.25. The van der Waals surface area contributed by atoms with E-state index in [0.717, 1.165) is 36.7 Å². The topological polar surface area (TPSA) is 21.7 Å². The standard InChI is InChI=1S/C13H18ClNO2/c1-3-16-17-13-5-4-12(14)10-6-8-15(2)9-7-11(10)13/h4-5H,3,6-9H2,1-2H3. The van der Waals surface area contributed by atoms with Crippen molar-refractivity contribution in [2.45, 2.75) is 19.8 Å². The van der Waals surface area contributed by atoms with Crippen molar-refractivity contribution in [2.75, 3.05) is 26.7 Å². The molecular weight excluding hydrogens is 238 g/mol. The van der Waals surface area contributed by atoms with Gasteiger partial charge in [-0.2, -0.15) is 4.89 Å². The van der Waals surface area contributed by atoms with Crippen molar-refractivity contribution >= 4 is 11.6 Å². The van der Waals surface area contributed by atoms with Gasteiger partial charge in [0.25, 0.3) is 0 Å². The van der Waals surface area contributed by atoms with Gasteiger partial charge in [-0.1, -0.05) is 11.6 Å². The van der Waals surface area contributed by atoms with Crippen LogP contribution in [-0.2, 0) is 17.7 Å². The zero-order chi connectivity index (χ0) is 12.3. The van der Waals surface area contributed by atoms with Crippen molar-refractivity contribution in [1.29, 1.82) is 0 Å². The van der Waals surface area contributed by atoms with Gasteiger partial charge in [-0.25, -0.2) is 0 Å². The second kappa shape index (κ2) is 5.71. The van der Waals surface area contributed by atoms with E-state index in [4.69, 9.17) is 21.4 Å². The van der Waals surface area contributed by atoms with Crippen molar-refractivity contribution < 1.29 is 9.78 Å². The molecule has 1 aliphatic rings. The molecule has 1 heterocycles. The maximum absolute atomic E-state index is 6.25. The summed E-state index contributed by atoms with van der Waals surface area (Å²) in [4.78, 5) is 12.7. The summed E-state index contributed by atoms with van der Waals surface area (Å²) in [6.45, 7) is 4.50. The van der Waals surface area contributed by atoms with Crippen LogP contribution in [0.3, 0.4) is 0 Å². The summed E-state index contributed by atoms with van der Waals surface area (Å²) in [6.07, 6.45) is 1.92. The SMILES string of the molecule is CCOOc1ccc(Cl)c2c1CCN(C)CC2. The first-order chi connectivity index (χ1) is 8.22. The molecule has 4 heteroatoms. The minimum atomic E-state index is 0.539. The molecule has 0 saturated carbocycles. The van der Waals surface area contributed by atoms with E-state index in [2.05, 4.69) is 11.9 Å². The van der Waals surface area contributed by atoms with E-state index in [9.17, 15) is 0 Å².